The predicted octanol–water partition coefficient (Wildman–Crippen LogP) is 3.30. The van der Waals surface area contributed by atoms with Crippen LogP contribution in [0.1, 0.15) is 11.1 Å². The minimum absolute atomic E-state index is 0.306. The lowest BCUT2D eigenvalue weighted by Gasteiger charge is -2.10. The highest BCUT2D eigenvalue weighted by Gasteiger charge is 2.14. The van der Waals surface area contributed by atoms with E-state index in [-0.39, 0.29) is 0 Å². The maximum absolute atomic E-state index is 9.37. The second kappa shape index (κ2) is 5.81. The molecule has 0 amide bonds. The molecule has 0 spiro atoms. The Balaban J connectivity index is 2.81. The Bertz CT molecular complexity index is 717. The number of hydrogen-bond acceptors (Lipinski definition) is 4. The Hall–Kier alpha value is -2.25. The normalized spacial score (nSPS) is 10.8. The minimum atomic E-state index is 0.306. The fourth-order valence-electron chi connectivity index (χ4n) is 1.89. The first-order chi connectivity index (χ1) is 9.56. The van der Waals surface area contributed by atoms with E-state index in [4.69, 9.17) is 16.3 Å². The van der Waals surface area contributed by atoms with E-state index < -0.39 is 0 Å². The van der Waals surface area contributed by atoms with E-state index in [1.54, 1.807) is 12.1 Å². The highest BCUT2D eigenvalue weighted by molar-refractivity contribution is 6.31. The summed E-state index contributed by atoms with van der Waals surface area (Å²) in [6, 6.07) is 7.56. The zero-order chi connectivity index (χ0) is 14.7. The number of fused-ring (bicyclic) bond motifs is 1. The highest BCUT2D eigenvalue weighted by atomic mass is 35.5. The van der Waals surface area contributed by atoms with Crippen LogP contribution in [0.3, 0.4) is 0 Å². The molecular weight excluding hydrogens is 274 g/mol. The number of ether oxygens (including phenoxy) is 1. The number of benzene rings is 1. The summed E-state index contributed by atoms with van der Waals surface area (Å²) in [6.07, 6.45) is 3.75. The van der Waals surface area contributed by atoms with Gasteiger partial charge in [-0.25, -0.2) is 4.98 Å². The second-order valence-corrected chi connectivity index (χ2v) is 4.90. The summed E-state index contributed by atoms with van der Waals surface area (Å²) in [6.45, 7) is 0. The number of pyridine rings is 1. The van der Waals surface area contributed by atoms with E-state index >= 15 is 0 Å². The average molecular weight is 288 g/mol. The molecule has 4 nitrogen and oxygen atoms in total. The van der Waals surface area contributed by atoms with Gasteiger partial charge in [-0.3, -0.25) is 0 Å². The van der Waals surface area contributed by atoms with Gasteiger partial charge >= 0.3 is 0 Å². The van der Waals surface area contributed by atoms with Crippen molar-refractivity contribution in [1.82, 2.24) is 9.88 Å². The van der Waals surface area contributed by atoms with Crippen molar-refractivity contribution >= 4 is 28.6 Å². The summed E-state index contributed by atoms with van der Waals surface area (Å²) < 4.78 is 5.21. The lowest BCUT2D eigenvalue weighted by Crippen LogP contribution is -2.01. The van der Waals surface area contributed by atoms with Gasteiger partial charge in [0.2, 0.25) is 5.88 Å². The summed E-state index contributed by atoms with van der Waals surface area (Å²) in [5.74, 6) is 0.306. The molecule has 0 fully saturated rings. The quantitative estimate of drug-likeness (QED) is 0.869. The molecule has 0 atom stereocenters. The summed E-state index contributed by atoms with van der Waals surface area (Å²) >= 11 is 6.00. The maximum Gasteiger partial charge on any atom is 0.232 e. The molecule has 5 heteroatoms. The standard InChI is InChI=1S/C15H14ClN3O/c1-19(2)7-6-11-12-5-4-10(16)8-14(12)18-15(20-3)13(11)9-17/h4-8H,1-3H3. The Morgan fingerprint density at radius 2 is 2.15 bits per heavy atom. The number of halogens is 1. The van der Waals surface area contributed by atoms with Gasteiger partial charge in [-0.15, -0.1) is 0 Å². The molecule has 0 radical (unpaired) electrons. The molecule has 20 heavy (non-hydrogen) atoms. The summed E-state index contributed by atoms with van der Waals surface area (Å²) in [4.78, 5) is 6.24. The third-order valence-corrected chi connectivity index (χ3v) is 3.03. The molecule has 2 aromatic rings. The lowest BCUT2D eigenvalue weighted by molar-refractivity contribution is 0.398. The van der Waals surface area contributed by atoms with Crippen LogP contribution < -0.4 is 4.74 Å². The zero-order valence-corrected chi connectivity index (χ0v) is 12.3. The van der Waals surface area contributed by atoms with Gasteiger partial charge in [0, 0.05) is 30.1 Å². The van der Waals surface area contributed by atoms with Crippen LogP contribution in [-0.2, 0) is 0 Å². The van der Waals surface area contributed by atoms with Gasteiger partial charge in [-0.05, 0) is 24.4 Å². The van der Waals surface area contributed by atoms with E-state index in [1.165, 1.54) is 7.11 Å². The maximum atomic E-state index is 9.37. The molecule has 102 valence electrons. The van der Waals surface area contributed by atoms with E-state index in [1.807, 2.05) is 37.3 Å². The van der Waals surface area contributed by atoms with Crippen molar-refractivity contribution < 1.29 is 4.74 Å². The van der Waals surface area contributed by atoms with Crippen LogP contribution in [0.25, 0.3) is 17.0 Å². The zero-order valence-electron chi connectivity index (χ0n) is 11.5. The van der Waals surface area contributed by atoms with Crippen molar-refractivity contribution in [2.24, 2.45) is 0 Å². The summed E-state index contributed by atoms with van der Waals surface area (Å²) in [5, 5.41) is 10.8. The fourth-order valence-corrected chi connectivity index (χ4v) is 2.06. The van der Waals surface area contributed by atoms with Gasteiger partial charge < -0.3 is 9.64 Å². The molecule has 2 rings (SSSR count). The molecule has 0 N–H and O–H groups in total. The third kappa shape index (κ3) is 2.68. The average Bonchev–Trinajstić information content (AvgIpc) is 2.43. The third-order valence-electron chi connectivity index (χ3n) is 2.80. The molecule has 1 aromatic heterocycles. The van der Waals surface area contributed by atoms with E-state index in [0.717, 1.165) is 10.9 Å². The number of hydrogen-bond donors (Lipinski definition) is 0. The number of rotatable bonds is 3. The fraction of sp³-hybridized carbons (Fsp3) is 0.200. The van der Waals surface area contributed by atoms with Gasteiger partial charge in [0.15, 0.2) is 0 Å². The van der Waals surface area contributed by atoms with Crippen molar-refractivity contribution in [1.29, 1.82) is 5.26 Å². The van der Waals surface area contributed by atoms with Crippen LogP contribution >= 0.6 is 11.6 Å². The molecule has 0 aliphatic rings. The lowest BCUT2D eigenvalue weighted by atomic mass is 10.0. The first kappa shape index (κ1) is 14.2. The van der Waals surface area contributed by atoms with Crippen LogP contribution in [0.5, 0.6) is 5.88 Å². The predicted molar refractivity (Wildman–Crippen MR) is 80.7 cm³/mol. The largest absolute Gasteiger partial charge is 0.480 e. The van der Waals surface area contributed by atoms with Gasteiger partial charge in [0.25, 0.3) is 0 Å². The van der Waals surface area contributed by atoms with Crippen molar-refractivity contribution in [2.75, 3.05) is 21.2 Å². The Labute approximate surface area is 122 Å². The van der Waals surface area contributed by atoms with Crippen molar-refractivity contribution in [3.63, 3.8) is 0 Å². The number of nitrogens with zero attached hydrogens (tertiary/aromatic N) is 3. The molecule has 1 heterocycles. The Morgan fingerprint density at radius 1 is 1.40 bits per heavy atom. The van der Waals surface area contributed by atoms with Gasteiger partial charge in [-0.2, -0.15) is 5.26 Å². The Kier molecular flexibility index (Phi) is 4.11. The first-order valence-electron chi connectivity index (χ1n) is 5.98. The van der Waals surface area contributed by atoms with Crippen LogP contribution in [0.15, 0.2) is 24.4 Å². The van der Waals surface area contributed by atoms with E-state index in [2.05, 4.69) is 11.1 Å². The minimum Gasteiger partial charge on any atom is -0.480 e. The first-order valence-corrected chi connectivity index (χ1v) is 6.36. The van der Waals surface area contributed by atoms with Crippen LogP contribution in [0.4, 0.5) is 0 Å². The molecule has 1 aromatic carbocycles. The number of aromatic nitrogens is 1. The van der Waals surface area contributed by atoms with Crippen LogP contribution in [0, 0.1) is 11.3 Å². The number of methoxy groups -OCH3 is 1. The van der Waals surface area contributed by atoms with Crippen molar-refractivity contribution in [2.45, 2.75) is 0 Å². The Morgan fingerprint density at radius 3 is 2.75 bits per heavy atom. The second-order valence-electron chi connectivity index (χ2n) is 4.46. The SMILES string of the molecule is COc1nc2cc(Cl)ccc2c(C=CN(C)C)c1C#N. The molecule has 0 aliphatic carbocycles. The molecule has 0 saturated carbocycles. The monoisotopic (exact) mass is 287 g/mol. The van der Waals surface area contributed by atoms with E-state index in [0.29, 0.717) is 22.0 Å². The van der Waals surface area contributed by atoms with Crippen molar-refractivity contribution in [3.8, 4) is 11.9 Å². The molecule has 0 unspecified atom stereocenters. The summed E-state index contributed by atoms with van der Waals surface area (Å²) in [5.41, 5.74) is 1.90. The van der Waals surface area contributed by atoms with Crippen LogP contribution in [-0.4, -0.2) is 31.1 Å². The van der Waals surface area contributed by atoms with Gasteiger partial charge in [0.1, 0.15) is 11.6 Å². The molecular formula is C15H14ClN3O. The van der Waals surface area contributed by atoms with Gasteiger partial charge in [0.05, 0.1) is 12.6 Å². The van der Waals surface area contributed by atoms with Gasteiger partial charge in [-0.1, -0.05) is 17.7 Å². The topological polar surface area (TPSA) is 49.1 Å². The molecule has 0 saturated heterocycles. The van der Waals surface area contributed by atoms with Crippen LogP contribution in [0.2, 0.25) is 5.02 Å². The summed E-state index contributed by atoms with van der Waals surface area (Å²) in [7, 11) is 5.33. The van der Waals surface area contributed by atoms with Crippen molar-refractivity contribution in [3.05, 3.63) is 40.5 Å². The smallest absolute Gasteiger partial charge is 0.232 e. The molecule has 0 aliphatic heterocycles. The number of nitriles is 1. The molecule has 0 bridgehead atoms. The highest BCUT2D eigenvalue weighted by Crippen LogP contribution is 2.30. The van der Waals surface area contributed by atoms with E-state index in [9.17, 15) is 5.26 Å².